The number of anilines is 1. The molecule has 4 aromatic rings. The molecule has 1 amide bonds. The van der Waals surface area contributed by atoms with Crippen molar-refractivity contribution >= 4 is 33.4 Å². The van der Waals surface area contributed by atoms with Crippen molar-refractivity contribution in [2.45, 2.75) is 30.1 Å². The van der Waals surface area contributed by atoms with Crippen molar-refractivity contribution in [2.24, 2.45) is 0 Å². The Bertz CT molecular complexity index is 1340. The fourth-order valence-electron chi connectivity index (χ4n) is 4.19. The number of carbonyl (C=O) groups is 1. The third kappa shape index (κ3) is 4.02. The Morgan fingerprint density at radius 3 is 2.48 bits per heavy atom. The lowest BCUT2D eigenvalue weighted by atomic mass is 9.94. The van der Waals surface area contributed by atoms with Crippen LogP contribution in [0, 0.1) is 6.92 Å². The van der Waals surface area contributed by atoms with E-state index in [1.807, 2.05) is 61.5 Å². The number of hydrogen-bond acceptors (Lipinski definition) is 5. The predicted molar refractivity (Wildman–Crippen MR) is 132 cm³/mol. The van der Waals surface area contributed by atoms with Crippen LogP contribution < -0.4 is 10.0 Å². The molecule has 1 fully saturated rings. The highest BCUT2D eigenvalue weighted by atomic mass is 32.3. The summed E-state index contributed by atoms with van der Waals surface area (Å²) >= 11 is 0. The Kier molecular flexibility index (Phi) is 5.25. The summed E-state index contributed by atoms with van der Waals surface area (Å²) in [4.78, 5) is 21.4. The molecule has 1 heterocycles. The third-order valence-electron chi connectivity index (χ3n) is 6.26. The number of amides is 1. The molecule has 1 saturated carbocycles. The second-order valence-corrected chi connectivity index (χ2v) is 10.4. The molecule has 0 bridgehead atoms. The molecule has 0 aliphatic heterocycles. The van der Waals surface area contributed by atoms with Gasteiger partial charge in [0.25, 0.3) is 0 Å². The van der Waals surface area contributed by atoms with E-state index in [0.717, 1.165) is 52.1 Å². The van der Waals surface area contributed by atoms with Crippen molar-refractivity contribution < 1.29 is 13.9 Å². The van der Waals surface area contributed by atoms with Crippen LogP contribution >= 0.6 is 10.8 Å². The van der Waals surface area contributed by atoms with Crippen LogP contribution in [0.2, 0.25) is 0 Å². The van der Waals surface area contributed by atoms with E-state index in [2.05, 4.69) is 20.0 Å². The molecule has 0 atom stereocenters. The Labute approximate surface area is 193 Å². The number of rotatable bonds is 6. The average Bonchev–Trinajstić information content (AvgIpc) is 3.55. The second kappa shape index (κ2) is 8.00. The van der Waals surface area contributed by atoms with E-state index in [1.54, 1.807) is 12.1 Å². The number of carbonyl (C=O) groups excluding carboxylic acids is 1. The van der Waals surface area contributed by atoms with E-state index >= 15 is 0 Å². The normalized spacial score (nSPS) is 15.4. The van der Waals surface area contributed by atoms with Gasteiger partial charge in [-0.1, -0.05) is 30.3 Å². The van der Waals surface area contributed by atoms with Gasteiger partial charge in [-0.3, -0.25) is 13.9 Å². The quantitative estimate of drug-likeness (QED) is 0.262. The van der Waals surface area contributed by atoms with E-state index in [1.165, 1.54) is 7.05 Å². The van der Waals surface area contributed by atoms with E-state index < -0.39 is 16.2 Å². The Balaban J connectivity index is 1.36. The lowest BCUT2D eigenvalue weighted by Crippen LogP contribution is -2.27. The predicted octanol–water partition coefficient (Wildman–Crippen LogP) is 5.45. The number of fused-ring (bicyclic) bond motifs is 1. The van der Waals surface area contributed by atoms with Crippen LogP contribution in [0.5, 0.6) is 0 Å². The highest BCUT2D eigenvalue weighted by Crippen LogP contribution is 2.49. The van der Waals surface area contributed by atoms with E-state index in [0.29, 0.717) is 4.90 Å². The van der Waals surface area contributed by atoms with Gasteiger partial charge in [-0.25, -0.2) is 9.71 Å². The highest BCUT2D eigenvalue weighted by molar-refractivity contribution is 8.22. The zero-order chi connectivity index (χ0) is 23.2. The first-order valence-electron chi connectivity index (χ1n) is 10.8. The minimum absolute atomic E-state index is 0.00597. The molecule has 0 unspecified atom stereocenters. The smallest absolute Gasteiger partial charge is 0.235 e. The number of hydrogen-bond donors (Lipinski definition) is 5. The summed E-state index contributed by atoms with van der Waals surface area (Å²) in [6.07, 6.45) is 1.63. The molecule has 3 aromatic carbocycles. The van der Waals surface area contributed by atoms with Crippen LogP contribution in [0.3, 0.4) is 0 Å². The summed E-state index contributed by atoms with van der Waals surface area (Å²) in [5.74, 6) is 0.853. The Morgan fingerprint density at radius 1 is 1.03 bits per heavy atom. The monoisotopic (exact) mass is 462 g/mol. The van der Waals surface area contributed by atoms with Crippen LogP contribution in [-0.4, -0.2) is 32.0 Å². The molecule has 0 saturated heterocycles. The lowest BCUT2D eigenvalue weighted by molar-refractivity contribution is -0.118. The molecule has 0 spiro atoms. The molecular formula is C25H26N4O3S. The number of H-pyrrole nitrogens is 1. The Hall–Kier alpha value is -3.17. The zero-order valence-electron chi connectivity index (χ0n) is 18.4. The molecule has 1 aliphatic rings. The number of aromatic nitrogens is 2. The van der Waals surface area contributed by atoms with Gasteiger partial charge in [-0.05, 0) is 72.9 Å². The molecule has 5 rings (SSSR count). The zero-order valence-corrected chi connectivity index (χ0v) is 19.2. The number of nitrogens with zero attached hydrogens (tertiary/aromatic N) is 1. The van der Waals surface area contributed by atoms with E-state index in [4.69, 9.17) is 0 Å². The third-order valence-corrected chi connectivity index (χ3v) is 7.76. The molecule has 5 N–H and O–H groups in total. The summed E-state index contributed by atoms with van der Waals surface area (Å²) in [6.45, 7) is 1.92. The standard InChI is InChI=1S/C25H26N4O3S/c1-16-27-22-11-8-19(15-23(22)28-16)25(12-13-25)24(30)29-20-5-3-4-18(14-20)17-6-9-21(10-7-17)33(31,32)26-2/h3-11,14-15,26,31-32H,12-13H2,1-2H3,(H,27,28)(H,29,30). The number of nitrogens with one attached hydrogen (secondary N) is 3. The van der Waals surface area contributed by atoms with E-state index in [9.17, 15) is 13.9 Å². The van der Waals surface area contributed by atoms with Gasteiger partial charge in [0.2, 0.25) is 5.91 Å². The summed E-state index contributed by atoms with van der Waals surface area (Å²) < 4.78 is 22.6. The molecule has 1 aromatic heterocycles. The summed E-state index contributed by atoms with van der Waals surface area (Å²) in [5.41, 5.74) is 4.93. The second-order valence-electron chi connectivity index (χ2n) is 8.45. The molecule has 0 radical (unpaired) electrons. The SMILES string of the molecule is CNS(O)(O)c1ccc(-c2cccc(NC(=O)C3(c4ccc5nc(C)[nH]c5c4)CC3)c2)cc1. The fraction of sp³-hybridized carbons (Fsp3) is 0.200. The largest absolute Gasteiger partial charge is 0.342 e. The lowest BCUT2D eigenvalue weighted by Gasteiger charge is -2.31. The van der Waals surface area contributed by atoms with Gasteiger partial charge in [0, 0.05) is 12.7 Å². The molecular weight excluding hydrogens is 436 g/mol. The first kappa shape index (κ1) is 21.7. The Morgan fingerprint density at radius 2 is 1.79 bits per heavy atom. The molecule has 170 valence electrons. The van der Waals surface area contributed by atoms with Crippen molar-refractivity contribution in [1.29, 1.82) is 0 Å². The molecule has 7 nitrogen and oxygen atoms in total. The van der Waals surface area contributed by atoms with Gasteiger partial charge in [0.05, 0.1) is 21.3 Å². The summed E-state index contributed by atoms with van der Waals surface area (Å²) in [7, 11) is -1.47. The van der Waals surface area contributed by atoms with Crippen LogP contribution in [0.15, 0.2) is 71.6 Å². The van der Waals surface area contributed by atoms with Crippen LogP contribution in [0.4, 0.5) is 5.69 Å². The minimum atomic E-state index is -2.98. The van der Waals surface area contributed by atoms with Crippen molar-refractivity contribution in [3.05, 3.63) is 78.1 Å². The van der Waals surface area contributed by atoms with Crippen molar-refractivity contribution in [1.82, 2.24) is 14.7 Å². The topological polar surface area (TPSA) is 110 Å². The number of aryl methyl sites for hydroxylation is 1. The van der Waals surface area contributed by atoms with Crippen LogP contribution in [-0.2, 0) is 10.2 Å². The maximum Gasteiger partial charge on any atom is 0.235 e. The summed E-state index contributed by atoms with van der Waals surface area (Å²) in [5, 5.41) is 3.10. The minimum Gasteiger partial charge on any atom is -0.342 e. The highest BCUT2D eigenvalue weighted by Gasteiger charge is 2.51. The fourth-order valence-corrected chi connectivity index (χ4v) is 4.94. The maximum absolute atomic E-state index is 13.3. The van der Waals surface area contributed by atoms with Crippen LogP contribution in [0.1, 0.15) is 24.2 Å². The van der Waals surface area contributed by atoms with E-state index in [-0.39, 0.29) is 5.91 Å². The van der Waals surface area contributed by atoms with Gasteiger partial charge in [0.15, 0.2) is 0 Å². The van der Waals surface area contributed by atoms with Gasteiger partial charge in [-0.2, -0.15) is 0 Å². The van der Waals surface area contributed by atoms with Gasteiger partial charge < -0.3 is 10.3 Å². The number of aromatic amines is 1. The van der Waals surface area contributed by atoms with Crippen LogP contribution in [0.25, 0.3) is 22.2 Å². The molecule has 8 heteroatoms. The summed E-state index contributed by atoms with van der Waals surface area (Å²) in [6, 6.07) is 20.7. The number of benzene rings is 3. The number of imidazole rings is 1. The van der Waals surface area contributed by atoms with Gasteiger partial charge >= 0.3 is 0 Å². The first-order chi connectivity index (χ1) is 15.8. The maximum atomic E-state index is 13.3. The van der Waals surface area contributed by atoms with Crippen molar-refractivity contribution in [3.63, 3.8) is 0 Å². The van der Waals surface area contributed by atoms with Gasteiger partial charge in [-0.15, -0.1) is 10.8 Å². The van der Waals surface area contributed by atoms with Crippen molar-refractivity contribution in [3.8, 4) is 11.1 Å². The average molecular weight is 463 g/mol. The van der Waals surface area contributed by atoms with Gasteiger partial charge in [0.1, 0.15) is 5.82 Å². The first-order valence-corrected chi connectivity index (χ1v) is 12.3. The van der Waals surface area contributed by atoms with Crippen molar-refractivity contribution in [2.75, 3.05) is 12.4 Å². The molecule has 33 heavy (non-hydrogen) atoms. The molecule has 1 aliphatic carbocycles.